The molecule has 5 nitrogen and oxygen atoms in total. The van der Waals surface area contributed by atoms with Crippen LogP contribution in [0.3, 0.4) is 0 Å². The summed E-state index contributed by atoms with van der Waals surface area (Å²) in [4.78, 5) is 2.09. The zero-order valence-electron chi connectivity index (χ0n) is 15.6. The number of benzene rings is 2. The van der Waals surface area contributed by atoms with E-state index < -0.39 is 0 Å². The van der Waals surface area contributed by atoms with E-state index in [-0.39, 0.29) is 6.04 Å². The molecule has 1 aliphatic rings. The summed E-state index contributed by atoms with van der Waals surface area (Å²) in [5, 5.41) is 10.4. The Bertz CT molecular complexity index is 800. The third kappa shape index (κ3) is 3.65. The topological polar surface area (TPSA) is 40.1 Å². The van der Waals surface area contributed by atoms with Gasteiger partial charge < -0.3 is 15.0 Å². The summed E-state index contributed by atoms with van der Waals surface area (Å²) < 4.78 is 5.24. The molecule has 0 unspecified atom stereocenters. The molecule has 2 aromatic rings. The minimum absolute atomic E-state index is 0.0864. The van der Waals surface area contributed by atoms with Crippen LogP contribution in [0.5, 0.6) is 5.75 Å². The van der Waals surface area contributed by atoms with Crippen LogP contribution < -0.4 is 15.0 Å². The van der Waals surface area contributed by atoms with Crippen LogP contribution >= 0.6 is 12.2 Å². The van der Waals surface area contributed by atoms with Crippen LogP contribution in [0.15, 0.2) is 53.6 Å². The first-order chi connectivity index (χ1) is 12.5. The molecule has 6 heteroatoms. The van der Waals surface area contributed by atoms with Crippen molar-refractivity contribution in [2.24, 2.45) is 5.10 Å². The van der Waals surface area contributed by atoms with Gasteiger partial charge in [-0.25, -0.2) is 5.01 Å². The fourth-order valence-electron chi connectivity index (χ4n) is 3.02. The Morgan fingerprint density at radius 1 is 1.15 bits per heavy atom. The van der Waals surface area contributed by atoms with Crippen LogP contribution in [0, 0.1) is 0 Å². The van der Waals surface area contributed by atoms with Gasteiger partial charge >= 0.3 is 0 Å². The molecule has 3 rings (SSSR count). The van der Waals surface area contributed by atoms with Crippen molar-refractivity contribution in [3.05, 3.63) is 59.7 Å². The van der Waals surface area contributed by atoms with Crippen LogP contribution in [-0.2, 0) is 0 Å². The molecular weight excluding hydrogens is 344 g/mol. The predicted molar refractivity (Wildman–Crippen MR) is 111 cm³/mol. The van der Waals surface area contributed by atoms with E-state index in [1.165, 1.54) is 11.3 Å². The number of hydrogen-bond donors (Lipinski definition) is 1. The van der Waals surface area contributed by atoms with E-state index in [1.807, 2.05) is 50.4 Å². The molecule has 0 fully saturated rings. The van der Waals surface area contributed by atoms with E-state index in [0.717, 1.165) is 23.4 Å². The Morgan fingerprint density at radius 2 is 1.81 bits per heavy atom. The lowest BCUT2D eigenvalue weighted by Gasteiger charge is -2.24. The molecular formula is C20H24N4OS. The largest absolute Gasteiger partial charge is 0.497 e. The molecule has 0 amide bonds. The number of nitrogens with zero attached hydrogens (tertiary/aromatic N) is 3. The summed E-state index contributed by atoms with van der Waals surface area (Å²) >= 11 is 5.48. The van der Waals surface area contributed by atoms with Crippen LogP contribution in [-0.4, -0.2) is 44.1 Å². The van der Waals surface area contributed by atoms with Gasteiger partial charge in [-0.15, -0.1) is 0 Å². The van der Waals surface area contributed by atoms with Crippen molar-refractivity contribution >= 4 is 28.7 Å². The summed E-state index contributed by atoms with van der Waals surface area (Å²) in [5.74, 6) is 0.839. The summed E-state index contributed by atoms with van der Waals surface area (Å²) in [5.41, 5.74) is 4.47. The molecule has 0 aliphatic carbocycles. The van der Waals surface area contributed by atoms with Crippen molar-refractivity contribution in [3.8, 4) is 5.75 Å². The van der Waals surface area contributed by atoms with E-state index in [4.69, 9.17) is 22.1 Å². The quantitative estimate of drug-likeness (QED) is 0.838. The van der Waals surface area contributed by atoms with Crippen LogP contribution in [0.1, 0.15) is 23.6 Å². The molecule has 1 aliphatic heterocycles. The third-order valence-corrected chi connectivity index (χ3v) is 4.94. The summed E-state index contributed by atoms with van der Waals surface area (Å²) in [6, 6.07) is 16.6. The highest BCUT2D eigenvalue weighted by Crippen LogP contribution is 2.33. The average Bonchev–Trinajstić information content (AvgIpc) is 3.13. The zero-order chi connectivity index (χ0) is 18.7. The standard InChI is InChI=1S/C20H24N4OS/c1-21-20(26)24-19(15-5-9-16(10-6-15)23(2)3)13-18(22-24)14-7-11-17(25-4)12-8-14/h5-12,19H,13H2,1-4H3,(H,21,26)/t19-/m1/s1. The normalized spacial score (nSPS) is 16.2. The lowest BCUT2D eigenvalue weighted by molar-refractivity contribution is 0.367. The fraction of sp³-hybridized carbons (Fsp3) is 0.300. The molecule has 26 heavy (non-hydrogen) atoms. The summed E-state index contributed by atoms with van der Waals surface area (Å²) in [6.07, 6.45) is 0.801. The van der Waals surface area contributed by atoms with E-state index in [1.54, 1.807) is 7.11 Å². The van der Waals surface area contributed by atoms with Crippen molar-refractivity contribution in [3.63, 3.8) is 0 Å². The molecule has 0 bridgehead atoms. The van der Waals surface area contributed by atoms with Gasteiger partial charge in [-0.05, 0) is 59.7 Å². The van der Waals surface area contributed by atoms with Crippen LogP contribution in [0.4, 0.5) is 5.69 Å². The molecule has 0 saturated carbocycles. The van der Waals surface area contributed by atoms with Crippen LogP contribution in [0.25, 0.3) is 0 Å². The molecule has 136 valence electrons. The van der Waals surface area contributed by atoms with E-state index in [9.17, 15) is 0 Å². The lowest BCUT2D eigenvalue weighted by Crippen LogP contribution is -2.34. The second-order valence-electron chi connectivity index (χ2n) is 6.38. The number of rotatable bonds is 4. The smallest absolute Gasteiger partial charge is 0.189 e. The number of anilines is 1. The van der Waals surface area contributed by atoms with Crippen molar-refractivity contribution in [2.45, 2.75) is 12.5 Å². The lowest BCUT2D eigenvalue weighted by atomic mass is 9.98. The molecule has 1 N–H and O–H groups in total. The maximum atomic E-state index is 5.48. The number of nitrogens with one attached hydrogen (secondary N) is 1. The van der Waals surface area contributed by atoms with Gasteiger partial charge in [0.2, 0.25) is 0 Å². The molecule has 0 radical (unpaired) electrons. The minimum Gasteiger partial charge on any atom is -0.497 e. The Morgan fingerprint density at radius 3 is 2.35 bits per heavy atom. The highest BCUT2D eigenvalue weighted by Gasteiger charge is 2.31. The fourth-order valence-corrected chi connectivity index (χ4v) is 3.19. The van der Waals surface area contributed by atoms with Crippen molar-refractivity contribution < 1.29 is 4.74 Å². The molecule has 0 spiro atoms. The number of thiocarbonyl (C=S) groups is 1. The molecule has 1 atom stereocenters. The SMILES string of the molecule is CNC(=S)N1N=C(c2ccc(OC)cc2)C[C@@H]1c1ccc(N(C)C)cc1. The first kappa shape index (κ1) is 18.2. The van der Waals surface area contributed by atoms with Gasteiger partial charge in [0.15, 0.2) is 5.11 Å². The Labute approximate surface area is 160 Å². The predicted octanol–water partition coefficient (Wildman–Crippen LogP) is 3.42. The molecule has 2 aromatic carbocycles. The maximum Gasteiger partial charge on any atom is 0.189 e. The van der Waals surface area contributed by atoms with E-state index in [2.05, 4.69) is 34.5 Å². The van der Waals surface area contributed by atoms with E-state index >= 15 is 0 Å². The highest BCUT2D eigenvalue weighted by molar-refractivity contribution is 7.80. The van der Waals surface area contributed by atoms with Gasteiger partial charge in [0, 0.05) is 33.3 Å². The summed E-state index contributed by atoms with van der Waals surface area (Å²) in [7, 11) is 7.58. The number of ether oxygens (including phenoxy) is 1. The Hall–Kier alpha value is -2.60. The summed E-state index contributed by atoms with van der Waals surface area (Å²) in [6.45, 7) is 0. The second kappa shape index (κ2) is 7.74. The van der Waals surface area contributed by atoms with Crippen molar-refractivity contribution in [1.82, 2.24) is 10.3 Å². The number of hydrogen-bond acceptors (Lipinski definition) is 4. The van der Waals surface area contributed by atoms with E-state index in [0.29, 0.717) is 5.11 Å². The first-order valence-corrected chi connectivity index (χ1v) is 8.94. The minimum atomic E-state index is 0.0864. The maximum absolute atomic E-state index is 5.48. The first-order valence-electron chi connectivity index (χ1n) is 8.53. The monoisotopic (exact) mass is 368 g/mol. The van der Waals surface area contributed by atoms with Crippen molar-refractivity contribution in [2.75, 3.05) is 33.2 Å². The van der Waals surface area contributed by atoms with Gasteiger partial charge in [-0.1, -0.05) is 12.1 Å². The average molecular weight is 369 g/mol. The van der Waals surface area contributed by atoms with Gasteiger partial charge in [-0.2, -0.15) is 5.10 Å². The van der Waals surface area contributed by atoms with Crippen LogP contribution in [0.2, 0.25) is 0 Å². The third-order valence-electron chi connectivity index (χ3n) is 4.55. The number of hydrazone groups is 1. The highest BCUT2D eigenvalue weighted by atomic mass is 32.1. The Kier molecular flexibility index (Phi) is 5.42. The van der Waals surface area contributed by atoms with Gasteiger partial charge in [0.1, 0.15) is 5.75 Å². The van der Waals surface area contributed by atoms with Crippen molar-refractivity contribution in [1.29, 1.82) is 0 Å². The molecule has 0 saturated heterocycles. The van der Waals surface area contributed by atoms with Gasteiger partial charge in [0.25, 0.3) is 0 Å². The molecule has 1 heterocycles. The van der Waals surface area contributed by atoms with Gasteiger partial charge in [-0.3, -0.25) is 0 Å². The number of methoxy groups -OCH3 is 1. The molecule has 0 aromatic heterocycles. The zero-order valence-corrected chi connectivity index (χ0v) is 16.4. The second-order valence-corrected chi connectivity index (χ2v) is 6.77. The Balaban J connectivity index is 1.89. The van der Waals surface area contributed by atoms with Gasteiger partial charge in [0.05, 0.1) is 18.9 Å².